The zero-order chi connectivity index (χ0) is 13.7. The highest BCUT2D eigenvalue weighted by Gasteiger charge is 2.00. The molecule has 0 aliphatic rings. The molecule has 0 aliphatic heterocycles. The quantitative estimate of drug-likeness (QED) is 0.804. The van der Waals surface area contributed by atoms with Crippen molar-refractivity contribution in [3.05, 3.63) is 36.4 Å². The van der Waals surface area contributed by atoms with E-state index in [0.29, 0.717) is 13.2 Å². The molecular weight excluding hydrogens is 240 g/mol. The van der Waals surface area contributed by atoms with Crippen LogP contribution in [0, 0.1) is 0 Å². The predicted octanol–water partition coefficient (Wildman–Crippen LogP) is 3.74. The summed E-state index contributed by atoms with van der Waals surface area (Å²) in [6.45, 7) is 5.31. The molecule has 0 saturated carbocycles. The molecule has 0 bridgehead atoms. The number of phenolic OH excluding ortho intramolecular Hbond substituents is 1. The van der Waals surface area contributed by atoms with Gasteiger partial charge in [0.25, 0.3) is 0 Å². The van der Waals surface area contributed by atoms with Crippen LogP contribution >= 0.6 is 0 Å². The Morgan fingerprint density at radius 2 is 1.79 bits per heavy atom. The number of hydrogen-bond acceptors (Lipinski definition) is 3. The summed E-state index contributed by atoms with van der Waals surface area (Å²) in [5.41, 5.74) is 0. The fraction of sp³-hybridized carbons (Fsp3) is 0.375. The van der Waals surface area contributed by atoms with Gasteiger partial charge in [0.15, 0.2) is 0 Å². The average molecular weight is 260 g/mol. The maximum Gasteiger partial charge on any atom is 0.120 e. The summed E-state index contributed by atoms with van der Waals surface area (Å²) in [7, 11) is 0. The molecule has 19 heavy (non-hydrogen) atoms. The lowest BCUT2D eigenvalue weighted by molar-refractivity contribution is 0.0427. The molecular formula is C16H20O3. The van der Waals surface area contributed by atoms with Gasteiger partial charge in [0, 0.05) is 0 Å². The summed E-state index contributed by atoms with van der Waals surface area (Å²) in [6.07, 6.45) is 1.29. The van der Waals surface area contributed by atoms with Crippen molar-refractivity contribution < 1.29 is 14.6 Å². The van der Waals surface area contributed by atoms with E-state index in [2.05, 4.69) is 13.8 Å². The monoisotopic (exact) mass is 260 g/mol. The van der Waals surface area contributed by atoms with E-state index in [1.807, 2.05) is 24.3 Å². The topological polar surface area (TPSA) is 38.7 Å². The van der Waals surface area contributed by atoms with Crippen LogP contribution in [0.5, 0.6) is 11.5 Å². The molecule has 0 spiro atoms. The van der Waals surface area contributed by atoms with E-state index < -0.39 is 0 Å². The Bertz CT molecular complexity index is 537. The molecule has 102 valence electrons. The van der Waals surface area contributed by atoms with Gasteiger partial charge < -0.3 is 14.6 Å². The van der Waals surface area contributed by atoms with Gasteiger partial charge in [0.05, 0.1) is 12.7 Å². The van der Waals surface area contributed by atoms with Gasteiger partial charge in [-0.15, -0.1) is 0 Å². The number of phenols is 1. The lowest BCUT2D eigenvalue weighted by Crippen LogP contribution is -2.13. The third-order valence-corrected chi connectivity index (χ3v) is 3.12. The van der Waals surface area contributed by atoms with Crippen LogP contribution in [0.25, 0.3) is 10.8 Å². The van der Waals surface area contributed by atoms with E-state index in [1.54, 1.807) is 12.1 Å². The van der Waals surface area contributed by atoms with Crippen molar-refractivity contribution in [1.29, 1.82) is 0 Å². The molecule has 0 aromatic heterocycles. The Balaban J connectivity index is 1.92. The molecule has 2 rings (SSSR count). The zero-order valence-electron chi connectivity index (χ0n) is 11.4. The minimum atomic E-state index is 0.281. The van der Waals surface area contributed by atoms with Crippen molar-refractivity contribution in [2.45, 2.75) is 26.4 Å². The van der Waals surface area contributed by atoms with Crippen LogP contribution in [0.3, 0.4) is 0 Å². The lowest BCUT2D eigenvalue weighted by Gasteiger charge is -2.11. The van der Waals surface area contributed by atoms with E-state index in [4.69, 9.17) is 9.47 Å². The number of ether oxygens (including phenoxy) is 2. The molecule has 1 N–H and O–H groups in total. The van der Waals surface area contributed by atoms with Crippen molar-refractivity contribution in [2.24, 2.45) is 0 Å². The molecule has 3 heteroatoms. The number of fused-ring (bicyclic) bond motifs is 1. The summed E-state index contributed by atoms with van der Waals surface area (Å²) in [4.78, 5) is 0. The average Bonchev–Trinajstić information content (AvgIpc) is 2.43. The maximum atomic E-state index is 9.40. The summed E-state index contributed by atoms with van der Waals surface area (Å²) in [5.74, 6) is 1.11. The molecule has 2 aromatic rings. The molecule has 0 amide bonds. The summed E-state index contributed by atoms with van der Waals surface area (Å²) < 4.78 is 11.2. The highest BCUT2D eigenvalue weighted by Crippen LogP contribution is 2.24. The lowest BCUT2D eigenvalue weighted by atomic mass is 10.1. The van der Waals surface area contributed by atoms with Crippen LogP contribution in [-0.4, -0.2) is 24.4 Å². The normalized spacial score (nSPS) is 12.5. The second-order valence-corrected chi connectivity index (χ2v) is 4.63. The van der Waals surface area contributed by atoms with E-state index >= 15 is 0 Å². The third-order valence-electron chi connectivity index (χ3n) is 3.12. The van der Waals surface area contributed by atoms with Crippen molar-refractivity contribution in [2.75, 3.05) is 13.2 Å². The molecule has 2 aromatic carbocycles. The van der Waals surface area contributed by atoms with Crippen LogP contribution in [0.15, 0.2) is 36.4 Å². The third kappa shape index (κ3) is 3.86. The fourth-order valence-electron chi connectivity index (χ4n) is 1.83. The summed E-state index contributed by atoms with van der Waals surface area (Å²) in [5, 5.41) is 11.5. The van der Waals surface area contributed by atoms with E-state index in [0.717, 1.165) is 22.9 Å². The number of aromatic hydroxyl groups is 1. The van der Waals surface area contributed by atoms with Crippen molar-refractivity contribution in [1.82, 2.24) is 0 Å². The first-order valence-corrected chi connectivity index (χ1v) is 6.66. The van der Waals surface area contributed by atoms with Gasteiger partial charge in [-0.25, -0.2) is 0 Å². The van der Waals surface area contributed by atoms with E-state index in [-0.39, 0.29) is 11.9 Å². The van der Waals surface area contributed by atoms with Crippen molar-refractivity contribution in [3.8, 4) is 11.5 Å². The zero-order valence-corrected chi connectivity index (χ0v) is 11.4. The standard InChI is InChI=1S/C16H20O3/c1-3-12(2)18-8-9-19-16-7-5-13-10-15(17)6-4-14(13)11-16/h4-7,10-12,17H,3,8-9H2,1-2H3. The van der Waals surface area contributed by atoms with Gasteiger partial charge in [-0.1, -0.05) is 19.1 Å². The minimum Gasteiger partial charge on any atom is -0.508 e. The fourth-order valence-corrected chi connectivity index (χ4v) is 1.83. The van der Waals surface area contributed by atoms with Gasteiger partial charge in [0.1, 0.15) is 18.1 Å². The summed E-state index contributed by atoms with van der Waals surface area (Å²) in [6, 6.07) is 11.1. The Morgan fingerprint density at radius 3 is 2.58 bits per heavy atom. The van der Waals surface area contributed by atoms with Crippen LogP contribution in [0.2, 0.25) is 0 Å². The molecule has 0 fully saturated rings. The van der Waals surface area contributed by atoms with Crippen LogP contribution < -0.4 is 4.74 Å². The van der Waals surface area contributed by atoms with Gasteiger partial charge in [-0.3, -0.25) is 0 Å². The van der Waals surface area contributed by atoms with E-state index in [9.17, 15) is 5.11 Å². The molecule has 0 aliphatic carbocycles. The Labute approximate surface area is 113 Å². The Morgan fingerprint density at radius 1 is 1.05 bits per heavy atom. The highest BCUT2D eigenvalue weighted by atomic mass is 16.5. The number of hydrogen-bond donors (Lipinski definition) is 1. The van der Waals surface area contributed by atoms with Gasteiger partial charge in [-0.2, -0.15) is 0 Å². The maximum absolute atomic E-state index is 9.40. The SMILES string of the molecule is CCC(C)OCCOc1ccc2cc(O)ccc2c1. The van der Waals surface area contributed by atoms with Crippen molar-refractivity contribution >= 4 is 10.8 Å². The Hall–Kier alpha value is -1.74. The molecule has 3 nitrogen and oxygen atoms in total. The first-order valence-electron chi connectivity index (χ1n) is 6.66. The van der Waals surface area contributed by atoms with E-state index in [1.165, 1.54) is 0 Å². The van der Waals surface area contributed by atoms with Gasteiger partial charge in [0.2, 0.25) is 0 Å². The molecule has 1 atom stereocenters. The van der Waals surface area contributed by atoms with Crippen LogP contribution in [-0.2, 0) is 4.74 Å². The molecule has 0 saturated heterocycles. The van der Waals surface area contributed by atoms with Crippen LogP contribution in [0.1, 0.15) is 20.3 Å². The highest BCUT2D eigenvalue weighted by molar-refractivity contribution is 5.85. The molecule has 0 radical (unpaired) electrons. The first-order chi connectivity index (χ1) is 9.19. The largest absolute Gasteiger partial charge is 0.508 e. The van der Waals surface area contributed by atoms with Crippen molar-refractivity contribution in [3.63, 3.8) is 0 Å². The predicted molar refractivity (Wildman–Crippen MR) is 76.8 cm³/mol. The molecule has 0 heterocycles. The summed E-state index contributed by atoms with van der Waals surface area (Å²) >= 11 is 0. The second kappa shape index (κ2) is 6.43. The number of rotatable bonds is 6. The number of benzene rings is 2. The van der Waals surface area contributed by atoms with Crippen LogP contribution in [0.4, 0.5) is 0 Å². The second-order valence-electron chi connectivity index (χ2n) is 4.63. The molecule has 1 unspecified atom stereocenters. The Kier molecular flexibility index (Phi) is 4.63. The van der Waals surface area contributed by atoms with Gasteiger partial charge in [-0.05, 0) is 48.4 Å². The first kappa shape index (κ1) is 13.7. The van der Waals surface area contributed by atoms with Gasteiger partial charge >= 0.3 is 0 Å². The smallest absolute Gasteiger partial charge is 0.120 e. The minimum absolute atomic E-state index is 0.281.